The first kappa shape index (κ1) is 27.1. The molecule has 2 aromatic heterocycles. The van der Waals surface area contributed by atoms with E-state index in [1.165, 1.54) is 0 Å². The van der Waals surface area contributed by atoms with Gasteiger partial charge in [0.05, 0.1) is 30.6 Å². The lowest BCUT2D eigenvalue weighted by Gasteiger charge is -2.16. The molecule has 194 valence electrons. The molecule has 5 N–H and O–H groups in total. The van der Waals surface area contributed by atoms with Gasteiger partial charge in [0.1, 0.15) is 30.6 Å². The van der Waals surface area contributed by atoms with Crippen molar-refractivity contribution < 1.29 is 33.5 Å². The molecule has 3 atom stereocenters. The Kier molecular flexibility index (Phi) is 9.05. The Bertz CT molecular complexity index is 1180. The zero-order chi connectivity index (χ0) is 25.7. The van der Waals surface area contributed by atoms with Gasteiger partial charge in [0.2, 0.25) is 0 Å². The minimum Gasteiger partial charge on any atom is -0.394 e. The van der Waals surface area contributed by atoms with E-state index < -0.39 is 26.6 Å². The second-order valence-corrected chi connectivity index (χ2v) is 10.3. The van der Waals surface area contributed by atoms with Crippen molar-refractivity contribution in [1.82, 2.24) is 14.5 Å². The number of rotatable bonds is 12. The molecule has 0 saturated carbocycles. The maximum absolute atomic E-state index is 12.8. The number of ketones is 1. The zero-order valence-electron chi connectivity index (χ0n) is 19.5. The number of imidazole rings is 1. The number of hydrogen-bond acceptors (Lipinski definition) is 11. The monoisotopic (exact) mass is 537 g/mol. The van der Waals surface area contributed by atoms with Gasteiger partial charge in [0, 0.05) is 24.7 Å². The van der Waals surface area contributed by atoms with Crippen molar-refractivity contribution in [2.45, 2.75) is 44.2 Å². The molecule has 11 nitrogen and oxygen atoms in total. The second kappa shape index (κ2) is 12.0. The minimum atomic E-state index is -4.09. The first-order chi connectivity index (χ1) is 17.3. The highest BCUT2D eigenvalue weighted by atomic mass is 32.1. The van der Waals surface area contributed by atoms with Crippen molar-refractivity contribution in [2.75, 3.05) is 19.0 Å². The lowest BCUT2D eigenvalue weighted by atomic mass is 10.0. The Balaban J connectivity index is 1.49. The number of carbonyl (C=O) groups is 1. The van der Waals surface area contributed by atoms with E-state index in [-0.39, 0.29) is 31.8 Å². The first-order valence-electron chi connectivity index (χ1n) is 11.5. The lowest BCUT2D eigenvalue weighted by molar-refractivity contribution is -0.0464. The van der Waals surface area contributed by atoms with Crippen molar-refractivity contribution in [3.8, 4) is 0 Å². The van der Waals surface area contributed by atoms with E-state index in [1.54, 1.807) is 35.3 Å². The highest BCUT2D eigenvalue weighted by Gasteiger charge is 2.49. The van der Waals surface area contributed by atoms with Gasteiger partial charge in [-0.15, -0.1) is 4.52 Å². The molecule has 13 heteroatoms. The number of aromatic nitrogens is 3. The van der Waals surface area contributed by atoms with Gasteiger partial charge in [-0.05, 0) is 23.8 Å². The van der Waals surface area contributed by atoms with E-state index in [0.717, 1.165) is 5.56 Å². The summed E-state index contributed by atoms with van der Waals surface area (Å²) in [6.07, 6.45) is 1.79. The van der Waals surface area contributed by atoms with Crippen LogP contribution < -0.4 is 5.73 Å². The summed E-state index contributed by atoms with van der Waals surface area (Å²) >= 11 is 4.06. The summed E-state index contributed by atoms with van der Waals surface area (Å²) in [4.78, 5) is 42.0. The van der Waals surface area contributed by atoms with Crippen LogP contribution in [-0.4, -0.2) is 66.4 Å². The molecule has 0 spiro atoms. The molecule has 1 saturated heterocycles. The minimum absolute atomic E-state index is 0.0680. The fraction of sp³-hybridized carbons (Fsp3) is 0.435. The van der Waals surface area contributed by atoms with Crippen LogP contribution in [0.5, 0.6) is 0 Å². The number of aliphatic hydroxyl groups excluding tert-OH is 1. The van der Waals surface area contributed by atoms with Crippen LogP contribution in [0.3, 0.4) is 0 Å². The van der Waals surface area contributed by atoms with Gasteiger partial charge in [-0.2, -0.15) is 26.9 Å². The summed E-state index contributed by atoms with van der Waals surface area (Å²) in [5, 5.41) is 9.77. The summed E-state index contributed by atoms with van der Waals surface area (Å²) in [5.74, 6) is 0.438. The van der Waals surface area contributed by atoms with Crippen molar-refractivity contribution in [2.24, 2.45) is 5.73 Å². The third-order valence-electron chi connectivity index (χ3n) is 5.91. The fourth-order valence-corrected chi connectivity index (χ4v) is 5.19. The SMILES string of the molecule is NCc1ccc(C(=O)Cc2nccc3c2ncn3[C@H]2C[C@@H](O[P+](O)(O)OCCCS)C(CO)O2)cc1. The predicted molar refractivity (Wildman–Crippen MR) is 136 cm³/mol. The largest absolute Gasteiger partial charge is 0.570 e. The average molecular weight is 538 g/mol. The number of pyridine rings is 1. The van der Waals surface area contributed by atoms with Gasteiger partial charge in [0.15, 0.2) is 5.78 Å². The van der Waals surface area contributed by atoms with E-state index in [2.05, 4.69) is 22.6 Å². The smallest absolute Gasteiger partial charge is 0.394 e. The molecule has 0 amide bonds. The number of benzene rings is 1. The fourth-order valence-electron chi connectivity index (χ4n) is 4.06. The van der Waals surface area contributed by atoms with Gasteiger partial charge in [-0.25, -0.2) is 4.98 Å². The molecule has 0 radical (unpaired) electrons. The Hall–Kier alpha value is -1.99. The summed E-state index contributed by atoms with van der Waals surface area (Å²) in [7, 11) is -4.09. The number of ether oxygens (including phenoxy) is 1. The third kappa shape index (κ3) is 6.28. The van der Waals surface area contributed by atoms with E-state index in [4.69, 9.17) is 19.5 Å². The number of thiol groups is 1. The molecular weight excluding hydrogens is 507 g/mol. The van der Waals surface area contributed by atoms with Crippen molar-refractivity contribution in [3.05, 3.63) is 59.7 Å². The maximum Gasteiger partial charge on any atom is 0.570 e. The molecule has 1 aliphatic rings. The summed E-state index contributed by atoms with van der Waals surface area (Å²) in [6, 6.07) is 8.90. The van der Waals surface area contributed by atoms with Crippen LogP contribution in [0, 0.1) is 0 Å². The molecule has 0 aliphatic carbocycles. The summed E-state index contributed by atoms with van der Waals surface area (Å²) in [5.41, 5.74) is 8.90. The van der Waals surface area contributed by atoms with Gasteiger partial charge in [-0.3, -0.25) is 9.78 Å². The van der Waals surface area contributed by atoms with Crippen molar-refractivity contribution in [3.63, 3.8) is 0 Å². The molecule has 3 aromatic rings. The van der Waals surface area contributed by atoms with Crippen LogP contribution in [0.4, 0.5) is 0 Å². The van der Waals surface area contributed by atoms with Crippen LogP contribution in [0.2, 0.25) is 0 Å². The summed E-state index contributed by atoms with van der Waals surface area (Å²) < 4.78 is 18.2. The Morgan fingerprint density at radius 2 is 2.03 bits per heavy atom. The number of carbonyl (C=O) groups excluding carboxylic acids is 1. The molecule has 36 heavy (non-hydrogen) atoms. The van der Waals surface area contributed by atoms with E-state index in [9.17, 15) is 19.7 Å². The van der Waals surface area contributed by atoms with Crippen molar-refractivity contribution >= 4 is 37.6 Å². The molecule has 1 aliphatic heterocycles. The zero-order valence-corrected chi connectivity index (χ0v) is 21.3. The van der Waals surface area contributed by atoms with E-state index in [1.807, 2.05) is 12.1 Å². The van der Waals surface area contributed by atoms with Gasteiger partial charge < -0.3 is 20.1 Å². The number of aliphatic hydroxyl groups is 1. The highest BCUT2D eigenvalue weighted by molar-refractivity contribution is 7.80. The molecule has 4 rings (SSSR count). The lowest BCUT2D eigenvalue weighted by Crippen LogP contribution is -2.28. The van der Waals surface area contributed by atoms with Crippen LogP contribution in [0.1, 0.15) is 40.7 Å². The number of nitrogens with two attached hydrogens (primary N) is 1. The third-order valence-corrected chi connectivity index (χ3v) is 7.29. The molecule has 1 aromatic carbocycles. The topological polar surface area (TPSA) is 162 Å². The average Bonchev–Trinajstić information content (AvgIpc) is 3.48. The standard InChI is InChI=1S/C23H29N4O7PS/c24-12-15-2-4-16(5-3-15)19(29)10-17-23-18(6-7-25-17)27(14-26-23)22-11-20(21(13-28)33-22)34-35(30,31)32-8-1-9-36/h2-7,14,20-22,28,30-31H,1,8-13,24H2/p+1/t20-,21?,22-/m1/s1. The number of Topliss-reactive ketones (excluding diaryl/α,β-unsaturated/α-hetero) is 1. The Morgan fingerprint density at radius 3 is 2.72 bits per heavy atom. The van der Waals surface area contributed by atoms with Crippen LogP contribution >= 0.6 is 20.8 Å². The van der Waals surface area contributed by atoms with E-state index in [0.29, 0.717) is 41.0 Å². The number of nitrogens with zero attached hydrogens (tertiary/aromatic N) is 3. The van der Waals surface area contributed by atoms with Gasteiger partial charge in [0.25, 0.3) is 0 Å². The van der Waals surface area contributed by atoms with Gasteiger partial charge >= 0.3 is 8.17 Å². The Morgan fingerprint density at radius 1 is 1.25 bits per heavy atom. The summed E-state index contributed by atoms with van der Waals surface area (Å²) in [6.45, 7) is 0.110. The van der Waals surface area contributed by atoms with Gasteiger partial charge in [-0.1, -0.05) is 24.3 Å². The maximum atomic E-state index is 12.8. The molecule has 1 fully saturated rings. The molecule has 3 heterocycles. The molecule has 0 bridgehead atoms. The highest BCUT2D eigenvalue weighted by Crippen LogP contribution is 2.55. The molecular formula is C23H30N4O7PS+. The van der Waals surface area contributed by atoms with Crippen LogP contribution in [-0.2, 0) is 26.7 Å². The normalized spacial score (nSPS) is 20.3. The molecule has 1 unspecified atom stereocenters. The number of hydrogen-bond donors (Lipinski definition) is 5. The quantitative estimate of drug-likeness (QED) is 0.0999. The first-order valence-corrected chi connectivity index (χ1v) is 13.7. The number of fused-ring (bicyclic) bond motifs is 1. The van der Waals surface area contributed by atoms with Crippen LogP contribution in [0.25, 0.3) is 11.0 Å². The van der Waals surface area contributed by atoms with Crippen molar-refractivity contribution in [1.29, 1.82) is 0 Å². The van der Waals surface area contributed by atoms with Crippen LogP contribution in [0.15, 0.2) is 42.9 Å². The van der Waals surface area contributed by atoms with E-state index >= 15 is 0 Å². The Labute approximate surface area is 214 Å². The second-order valence-electron chi connectivity index (χ2n) is 8.37. The predicted octanol–water partition coefficient (Wildman–Crippen LogP) is 1.98.